The molecule has 2 amide bonds. The first-order valence-electron chi connectivity index (χ1n) is 10.7. The lowest BCUT2D eigenvalue weighted by molar-refractivity contribution is -0.688. The summed E-state index contributed by atoms with van der Waals surface area (Å²) in [6, 6.07) is 2.83. The van der Waals surface area contributed by atoms with Crippen LogP contribution >= 0.6 is 23.1 Å². The number of anilines is 1. The van der Waals surface area contributed by atoms with E-state index < -0.39 is 29.2 Å². The molecule has 1 saturated heterocycles. The van der Waals surface area contributed by atoms with Crippen LogP contribution in [0.3, 0.4) is 0 Å². The maximum atomic E-state index is 13.0. The number of carbonyl (C=O) groups excluding carboxylic acids is 3. The third-order valence-electron chi connectivity index (χ3n) is 5.71. The second-order valence-corrected chi connectivity index (χ2v) is 10.1. The molecule has 1 unspecified atom stereocenters. The number of nitrogens with zero attached hydrogens (tertiary/aromatic N) is 4. The normalized spacial score (nSPS) is 19.8. The average molecular weight is 529 g/mol. The fourth-order valence-electron chi connectivity index (χ4n) is 4.17. The van der Waals surface area contributed by atoms with Gasteiger partial charge in [0, 0.05) is 28.2 Å². The molecule has 0 aromatic carbocycles. The van der Waals surface area contributed by atoms with Crippen molar-refractivity contribution in [1.82, 2.24) is 15.2 Å². The number of rotatable bonds is 7. The van der Waals surface area contributed by atoms with Crippen molar-refractivity contribution >= 4 is 62.7 Å². The fraction of sp³-hybridized carbons (Fsp3) is 0.273. The molecule has 12 nitrogen and oxygen atoms in total. The van der Waals surface area contributed by atoms with Crippen LogP contribution in [0.1, 0.15) is 11.5 Å². The van der Waals surface area contributed by atoms with Crippen molar-refractivity contribution in [3.63, 3.8) is 0 Å². The van der Waals surface area contributed by atoms with Crippen LogP contribution < -0.4 is 20.7 Å². The summed E-state index contributed by atoms with van der Waals surface area (Å²) < 4.78 is 7.45. The molecule has 5 rings (SSSR count). The van der Waals surface area contributed by atoms with Gasteiger partial charge in [-0.3, -0.25) is 14.5 Å². The van der Waals surface area contributed by atoms with Gasteiger partial charge in [0.2, 0.25) is 6.20 Å². The number of carboxylic acid groups (broad SMARTS) is 1. The van der Waals surface area contributed by atoms with Crippen molar-refractivity contribution in [3.05, 3.63) is 52.6 Å². The highest BCUT2D eigenvalue weighted by molar-refractivity contribution is 8.00. The molecule has 0 saturated carbocycles. The number of furan rings is 1. The van der Waals surface area contributed by atoms with E-state index in [-0.39, 0.29) is 28.8 Å². The number of thioether (sulfide) groups is 1. The van der Waals surface area contributed by atoms with Gasteiger partial charge in [0.15, 0.2) is 29.2 Å². The van der Waals surface area contributed by atoms with Crippen LogP contribution in [0.5, 0.6) is 0 Å². The average Bonchev–Trinajstić information content (AvgIpc) is 3.44. The number of aliphatic carboxylic acids is 1. The monoisotopic (exact) mass is 528 g/mol. The summed E-state index contributed by atoms with van der Waals surface area (Å²) in [5, 5.41) is 20.5. The number of aryl methyl sites for hydroxylation is 1. The lowest BCUT2D eigenvalue weighted by atomic mass is 10.0. The van der Waals surface area contributed by atoms with Gasteiger partial charge in [0.05, 0.1) is 11.7 Å². The van der Waals surface area contributed by atoms with E-state index >= 15 is 0 Å². The highest BCUT2D eigenvalue weighted by Gasteiger charge is 2.53. The molecule has 0 radical (unpaired) electrons. The zero-order valence-corrected chi connectivity index (χ0v) is 20.7. The Balaban J connectivity index is 1.36. The third-order valence-corrected chi connectivity index (χ3v) is 7.72. The predicted octanol–water partition coefficient (Wildman–Crippen LogP) is -0.478. The molecule has 3 aromatic rings. The highest BCUT2D eigenvalue weighted by Crippen LogP contribution is 2.40. The molecule has 2 aliphatic rings. The van der Waals surface area contributed by atoms with E-state index in [1.807, 2.05) is 25.3 Å². The largest absolute Gasteiger partial charge is 0.543 e. The first-order chi connectivity index (χ1) is 17.3. The van der Waals surface area contributed by atoms with Crippen molar-refractivity contribution in [3.8, 4) is 0 Å². The summed E-state index contributed by atoms with van der Waals surface area (Å²) in [5.74, 6) is -1.61. The number of thiazole rings is 1. The number of hydrogen-bond acceptors (Lipinski definition) is 11. The number of amides is 2. The summed E-state index contributed by atoms with van der Waals surface area (Å²) in [6.45, 7) is 2.08. The van der Waals surface area contributed by atoms with Crippen LogP contribution in [0.4, 0.5) is 5.13 Å². The number of hydrogen-bond donors (Lipinski definition) is 2. The van der Waals surface area contributed by atoms with Crippen LogP contribution in [0, 0.1) is 6.92 Å². The van der Waals surface area contributed by atoms with Gasteiger partial charge < -0.3 is 30.2 Å². The number of nitrogens with one attached hydrogen (secondary N) is 1. The molecule has 3 aromatic heterocycles. The smallest absolute Gasteiger partial charge is 0.276 e. The van der Waals surface area contributed by atoms with Crippen molar-refractivity contribution in [1.29, 1.82) is 0 Å². The first kappa shape index (κ1) is 23.8. The van der Waals surface area contributed by atoms with Gasteiger partial charge in [0.1, 0.15) is 30.0 Å². The minimum absolute atomic E-state index is 0.145. The molecule has 3 N–H and O–H groups in total. The summed E-state index contributed by atoms with van der Waals surface area (Å²) >= 11 is 2.47. The molecular formula is C22H20N6O6S2. The quantitative estimate of drug-likeness (QED) is 0.178. The van der Waals surface area contributed by atoms with E-state index in [2.05, 4.69) is 15.5 Å². The number of nitrogen functional groups attached to an aromatic ring is 1. The number of aromatic nitrogens is 2. The Morgan fingerprint density at radius 2 is 2.28 bits per heavy atom. The standard InChI is InChI=1S/C22H20N6O6S2/c1-10-5-11-3-4-27(7-14(11)34-10)6-12-8-35-20-16(19(30)28(20)17(12)21(31)32)25-18(29)15(26-33-2)13-9-36-22(23)24-13/h3-5,7,9,16,20H,6,8H2,1-2H3,(H3-,23,24,25,29,31,32)/b26-15-/t16?,20-/m1/s1. The van der Waals surface area contributed by atoms with Crippen LogP contribution in [-0.4, -0.2) is 57.7 Å². The van der Waals surface area contributed by atoms with E-state index in [0.717, 1.165) is 27.4 Å². The van der Waals surface area contributed by atoms with Crippen LogP contribution in [0.25, 0.3) is 11.0 Å². The maximum absolute atomic E-state index is 13.0. The molecule has 2 atom stereocenters. The van der Waals surface area contributed by atoms with Gasteiger partial charge in [-0.15, -0.1) is 23.1 Å². The summed E-state index contributed by atoms with van der Waals surface area (Å²) in [4.78, 5) is 47.9. The van der Waals surface area contributed by atoms with Gasteiger partial charge >= 0.3 is 0 Å². The topological polar surface area (TPSA) is 167 Å². The predicted molar refractivity (Wildman–Crippen MR) is 128 cm³/mol. The Morgan fingerprint density at radius 3 is 2.97 bits per heavy atom. The van der Waals surface area contributed by atoms with Gasteiger partial charge in [-0.1, -0.05) is 5.16 Å². The maximum Gasteiger partial charge on any atom is 0.276 e. The van der Waals surface area contributed by atoms with E-state index in [0.29, 0.717) is 16.9 Å². The molecule has 186 valence electrons. The van der Waals surface area contributed by atoms with E-state index in [4.69, 9.17) is 15.0 Å². The van der Waals surface area contributed by atoms with Crippen molar-refractivity contribution in [2.45, 2.75) is 24.9 Å². The van der Waals surface area contributed by atoms with Crippen molar-refractivity contribution in [2.75, 3.05) is 18.6 Å². The summed E-state index contributed by atoms with van der Waals surface area (Å²) in [7, 11) is 1.28. The fourth-order valence-corrected chi connectivity index (χ4v) is 6.05. The van der Waals surface area contributed by atoms with E-state index in [1.165, 1.54) is 18.9 Å². The Bertz CT molecular complexity index is 1460. The van der Waals surface area contributed by atoms with Gasteiger partial charge in [-0.05, 0) is 13.0 Å². The lowest BCUT2D eigenvalue weighted by Crippen LogP contribution is -2.71. The van der Waals surface area contributed by atoms with Gasteiger partial charge in [-0.2, -0.15) is 4.57 Å². The Morgan fingerprint density at radius 1 is 1.47 bits per heavy atom. The van der Waals surface area contributed by atoms with Crippen molar-refractivity contribution < 1.29 is 33.3 Å². The number of β-lactam (4-membered cyclic amide) rings is 1. The van der Waals surface area contributed by atoms with Crippen LogP contribution in [-0.2, 0) is 25.8 Å². The molecule has 5 heterocycles. The van der Waals surface area contributed by atoms with E-state index in [1.54, 1.807) is 16.1 Å². The molecule has 0 bridgehead atoms. The SMILES string of the molecule is CO/N=C(\C(=O)NC1C(=O)N2C(C(=O)[O-])=C(C[n+]3ccc4cc(C)oc4c3)CS[C@H]12)c1csc(N)n1. The van der Waals surface area contributed by atoms with Gasteiger partial charge in [-0.25, -0.2) is 4.98 Å². The Hall–Kier alpha value is -3.91. The first-order valence-corrected chi connectivity index (χ1v) is 12.6. The third kappa shape index (κ3) is 4.18. The van der Waals surface area contributed by atoms with Crippen molar-refractivity contribution in [2.24, 2.45) is 5.16 Å². The molecule has 0 spiro atoms. The minimum Gasteiger partial charge on any atom is -0.543 e. The van der Waals surface area contributed by atoms with Crippen LogP contribution in [0.15, 0.2) is 50.7 Å². The number of carboxylic acids is 1. The summed E-state index contributed by atoms with van der Waals surface area (Å²) in [6.07, 6.45) is 3.60. The molecular weight excluding hydrogens is 508 g/mol. The van der Waals surface area contributed by atoms with Crippen LogP contribution in [0.2, 0.25) is 0 Å². The Labute approximate surface area is 212 Å². The summed E-state index contributed by atoms with van der Waals surface area (Å²) in [5.41, 5.74) is 6.70. The van der Waals surface area contributed by atoms with Gasteiger partial charge in [0.25, 0.3) is 11.8 Å². The molecule has 36 heavy (non-hydrogen) atoms. The Kier molecular flexibility index (Phi) is 6.14. The molecule has 14 heteroatoms. The highest BCUT2D eigenvalue weighted by atomic mass is 32.2. The number of fused-ring (bicyclic) bond motifs is 2. The number of pyridine rings is 1. The van der Waals surface area contributed by atoms with E-state index in [9.17, 15) is 19.5 Å². The number of oxime groups is 1. The zero-order valence-electron chi connectivity index (χ0n) is 19.1. The lowest BCUT2D eigenvalue weighted by Gasteiger charge is -2.50. The second kappa shape index (κ2) is 9.28. The number of carbonyl (C=O) groups is 3. The molecule has 0 aliphatic carbocycles. The second-order valence-electron chi connectivity index (χ2n) is 8.09. The molecule has 1 fully saturated rings. The number of nitrogens with two attached hydrogens (primary N) is 1. The zero-order chi connectivity index (χ0) is 25.6. The molecule has 2 aliphatic heterocycles. The minimum atomic E-state index is -1.46.